The van der Waals surface area contributed by atoms with Crippen LogP contribution < -0.4 is 15.8 Å². The number of rotatable bonds is 7. The van der Waals surface area contributed by atoms with Crippen molar-refractivity contribution in [1.82, 2.24) is 10.2 Å². The molecule has 1 aromatic carbocycles. The molecule has 0 aliphatic carbocycles. The number of anilines is 1. The smallest absolute Gasteiger partial charge is 0.257 e. The van der Waals surface area contributed by atoms with Crippen molar-refractivity contribution in [3.05, 3.63) is 24.3 Å². The van der Waals surface area contributed by atoms with Gasteiger partial charge < -0.3 is 20.7 Å². The van der Waals surface area contributed by atoms with Crippen LogP contribution in [0.4, 0.5) is 5.69 Å². The first-order chi connectivity index (χ1) is 10.2. The highest BCUT2D eigenvalue weighted by Crippen LogP contribution is 2.12. The highest BCUT2D eigenvalue weighted by atomic mass is 16.5. The minimum absolute atomic E-state index is 0.0492. The molecule has 116 valence electrons. The molecule has 0 unspecified atom stereocenters. The Morgan fingerprint density at radius 2 is 1.90 bits per heavy atom. The van der Waals surface area contributed by atoms with Crippen LogP contribution in [0.2, 0.25) is 0 Å². The van der Waals surface area contributed by atoms with Crippen molar-refractivity contribution in [2.75, 3.05) is 38.5 Å². The van der Waals surface area contributed by atoms with Crippen molar-refractivity contribution in [1.29, 1.82) is 0 Å². The molecular weight excluding hydrogens is 266 g/mol. The first kappa shape index (κ1) is 15.6. The van der Waals surface area contributed by atoms with Crippen LogP contribution in [0.25, 0.3) is 0 Å². The molecular formula is C16H25N3O2. The van der Waals surface area contributed by atoms with Gasteiger partial charge in [-0.3, -0.25) is 4.79 Å². The molecule has 1 fully saturated rings. The summed E-state index contributed by atoms with van der Waals surface area (Å²) in [5.41, 5.74) is 6.27. The number of nitrogens with zero attached hydrogens (tertiary/aromatic N) is 1. The Balaban J connectivity index is 1.54. The standard InChI is InChI=1S/C16H25N3O2/c17-14-5-7-15(8-6-14)21-13-16(20)18-9-4-12-19-10-2-1-3-11-19/h5-8H,1-4,9-13,17H2,(H,18,20). The minimum Gasteiger partial charge on any atom is -0.484 e. The van der Waals surface area contributed by atoms with Crippen LogP contribution in [-0.4, -0.2) is 43.6 Å². The van der Waals surface area contributed by atoms with Gasteiger partial charge in [-0.05, 0) is 63.2 Å². The van der Waals surface area contributed by atoms with Crippen molar-refractivity contribution in [2.45, 2.75) is 25.7 Å². The quantitative estimate of drug-likeness (QED) is 0.592. The monoisotopic (exact) mass is 291 g/mol. The van der Waals surface area contributed by atoms with Gasteiger partial charge in [0.15, 0.2) is 6.61 Å². The number of ether oxygens (including phenoxy) is 1. The first-order valence-corrected chi connectivity index (χ1v) is 7.71. The zero-order valence-electron chi connectivity index (χ0n) is 12.5. The number of nitrogens with two attached hydrogens (primary N) is 1. The van der Waals surface area contributed by atoms with Gasteiger partial charge in [0.1, 0.15) is 5.75 Å². The fraction of sp³-hybridized carbons (Fsp3) is 0.562. The molecule has 5 heteroatoms. The normalized spacial score (nSPS) is 15.6. The third-order valence-corrected chi connectivity index (χ3v) is 3.67. The summed E-state index contributed by atoms with van der Waals surface area (Å²) in [5.74, 6) is 0.582. The van der Waals surface area contributed by atoms with Crippen molar-refractivity contribution in [2.24, 2.45) is 0 Å². The largest absolute Gasteiger partial charge is 0.484 e. The van der Waals surface area contributed by atoms with Crippen LogP contribution >= 0.6 is 0 Å². The Kier molecular flexibility index (Phi) is 6.34. The van der Waals surface area contributed by atoms with E-state index in [4.69, 9.17) is 10.5 Å². The molecule has 1 saturated heterocycles. The number of likely N-dealkylation sites (tertiary alicyclic amines) is 1. The second kappa shape index (κ2) is 8.52. The fourth-order valence-electron chi connectivity index (χ4n) is 2.48. The zero-order chi connectivity index (χ0) is 14.9. The van der Waals surface area contributed by atoms with Crippen molar-refractivity contribution < 1.29 is 9.53 Å². The number of hydrogen-bond donors (Lipinski definition) is 2. The molecule has 1 amide bonds. The molecule has 5 nitrogen and oxygen atoms in total. The van der Waals surface area contributed by atoms with Crippen LogP contribution in [0.5, 0.6) is 5.75 Å². The van der Waals surface area contributed by atoms with Crippen molar-refractivity contribution in [3.63, 3.8) is 0 Å². The van der Waals surface area contributed by atoms with E-state index in [0.29, 0.717) is 18.0 Å². The van der Waals surface area contributed by atoms with Crippen LogP contribution in [0.15, 0.2) is 24.3 Å². The Morgan fingerprint density at radius 1 is 1.19 bits per heavy atom. The van der Waals surface area contributed by atoms with E-state index >= 15 is 0 Å². The molecule has 1 heterocycles. The number of carbonyl (C=O) groups is 1. The van der Waals surface area contributed by atoms with Gasteiger partial charge in [-0.25, -0.2) is 0 Å². The molecule has 1 aromatic rings. The summed E-state index contributed by atoms with van der Waals surface area (Å²) in [7, 11) is 0. The van der Waals surface area contributed by atoms with E-state index < -0.39 is 0 Å². The highest BCUT2D eigenvalue weighted by molar-refractivity contribution is 5.77. The topological polar surface area (TPSA) is 67.6 Å². The summed E-state index contributed by atoms with van der Waals surface area (Å²) < 4.78 is 5.39. The molecule has 0 radical (unpaired) electrons. The Morgan fingerprint density at radius 3 is 2.62 bits per heavy atom. The molecule has 0 atom stereocenters. The van der Waals surface area contributed by atoms with E-state index in [2.05, 4.69) is 10.2 Å². The lowest BCUT2D eigenvalue weighted by molar-refractivity contribution is -0.123. The maximum absolute atomic E-state index is 11.7. The van der Waals surface area contributed by atoms with Gasteiger partial charge in [0.05, 0.1) is 0 Å². The summed E-state index contributed by atoms with van der Waals surface area (Å²) in [6.45, 7) is 4.23. The van der Waals surface area contributed by atoms with E-state index in [9.17, 15) is 4.79 Å². The fourth-order valence-corrected chi connectivity index (χ4v) is 2.48. The number of nitrogens with one attached hydrogen (secondary N) is 1. The summed E-state index contributed by atoms with van der Waals surface area (Å²) in [6.07, 6.45) is 4.97. The Labute approximate surface area is 126 Å². The summed E-state index contributed by atoms with van der Waals surface area (Å²) in [6, 6.07) is 7.04. The number of carbonyl (C=O) groups excluding carboxylic acids is 1. The molecule has 0 saturated carbocycles. The third kappa shape index (κ3) is 6.04. The van der Waals surface area contributed by atoms with Gasteiger partial charge in [0, 0.05) is 12.2 Å². The van der Waals surface area contributed by atoms with Gasteiger partial charge in [0.2, 0.25) is 0 Å². The third-order valence-electron chi connectivity index (χ3n) is 3.67. The predicted octanol–water partition coefficient (Wildman–Crippen LogP) is 1.64. The molecule has 2 rings (SSSR count). The first-order valence-electron chi connectivity index (χ1n) is 7.71. The zero-order valence-corrected chi connectivity index (χ0v) is 12.5. The summed E-state index contributed by atoms with van der Waals surface area (Å²) >= 11 is 0. The summed E-state index contributed by atoms with van der Waals surface area (Å²) in [4.78, 5) is 14.1. The van der Waals surface area contributed by atoms with E-state index in [-0.39, 0.29) is 12.5 Å². The Hall–Kier alpha value is -1.75. The lowest BCUT2D eigenvalue weighted by Gasteiger charge is -2.26. The maximum Gasteiger partial charge on any atom is 0.257 e. The molecule has 0 spiro atoms. The Bertz CT molecular complexity index is 428. The van der Waals surface area contributed by atoms with Crippen molar-refractivity contribution in [3.8, 4) is 5.75 Å². The van der Waals surface area contributed by atoms with Gasteiger partial charge in [-0.15, -0.1) is 0 Å². The molecule has 0 bridgehead atoms. The van der Waals surface area contributed by atoms with Crippen LogP contribution in [0, 0.1) is 0 Å². The van der Waals surface area contributed by atoms with Crippen LogP contribution in [0.3, 0.4) is 0 Å². The number of hydrogen-bond acceptors (Lipinski definition) is 4. The van der Waals surface area contributed by atoms with E-state index in [1.54, 1.807) is 24.3 Å². The average molecular weight is 291 g/mol. The van der Waals surface area contributed by atoms with Gasteiger partial charge >= 0.3 is 0 Å². The lowest BCUT2D eigenvalue weighted by Crippen LogP contribution is -2.34. The second-order valence-electron chi connectivity index (χ2n) is 5.46. The molecule has 1 aliphatic heterocycles. The van der Waals surface area contributed by atoms with Gasteiger partial charge in [0.25, 0.3) is 5.91 Å². The second-order valence-corrected chi connectivity index (χ2v) is 5.46. The van der Waals surface area contributed by atoms with Crippen LogP contribution in [-0.2, 0) is 4.79 Å². The van der Waals surface area contributed by atoms with Gasteiger partial charge in [-0.2, -0.15) is 0 Å². The lowest BCUT2D eigenvalue weighted by atomic mass is 10.1. The number of benzene rings is 1. The number of amides is 1. The molecule has 3 N–H and O–H groups in total. The van der Waals surface area contributed by atoms with Crippen molar-refractivity contribution >= 4 is 11.6 Å². The molecule has 0 aromatic heterocycles. The summed E-state index contributed by atoms with van der Waals surface area (Å²) in [5, 5.41) is 2.89. The minimum atomic E-state index is -0.0783. The van der Waals surface area contributed by atoms with Crippen LogP contribution in [0.1, 0.15) is 25.7 Å². The van der Waals surface area contributed by atoms with Gasteiger partial charge in [-0.1, -0.05) is 6.42 Å². The number of piperidine rings is 1. The molecule has 1 aliphatic rings. The van der Waals surface area contributed by atoms with E-state index in [1.165, 1.54) is 32.4 Å². The predicted molar refractivity (Wildman–Crippen MR) is 84.3 cm³/mol. The molecule has 21 heavy (non-hydrogen) atoms. The highest BCUT2D eigenvalue weighted by Gasteiger charge is 2.09. The number of nitrogen functional groups attached to an aromatic ring is 1. The SMILES string of the molecule is Nc1ccc(OCC(=O)NCCCN2CCCCC2)cc1. The van der Waals surface area contributed by atoms with E-state index in [0.717, 1.165) is 13.0 Å². The average Bonchev–Trinajstić information content (AvgIpc) is 2.52. The maximum atomic E-state index is 11.7. The van der Waals surface area contributed by atoms with E-state index in [1.807, 2.05) is 0 Å².